The first-order chi connectivity index (χ1) is 9.10. The van der Waals surface area contributed by atoms with Crippen molar-refractivity contribution >= 4 is 11.9 Å². The molecule has 1 amide bonds. The molecule has 0 aliphatic carbocycles. The molecular formula is C12H16N2O5. The van der Waals surface area contributed by atoms with Gasteiger partial charge in [-0.2, -0.15) is 0 Å². The van der Waals surface area contributed by atoms with Crippen molar-refractivity contribution in [3.8, 4) is 0 Å². The van der Waals surface area contributed by atoms with Crippen LogP contribution in [-0.4, -0.2) is 53.4 Å². The molecule has 104 valence electrons. The summed E-state index contributed by atoms with van der Waals surface area (Å²) < 4.78 is 4.85. The van der Waals surface area contributed by atoms with E-state index >= 15 is 0 Å². The highest BCUT2D eigenvalue weighted by Crippen LogP contribution is 2.06. The molecule has 7 nitrogen and oxygen atoms in total. The maximum absolute atomic E-state index is 11.9. The van der Waals surface area contributed by atoms with Gasteiger partial charge in [0, 0.05) is 19.9 Å². The lowest BCUT2D eigenvalue weighted by molar-refractivity contribution is 0.0688. The normalized spacial score (nSPS) is 11.9. The molecule has 1 atom stereocenters. The molecule has 1 unspecified atom stereocenters. The number of aliphatic hydroxyl groups excluding tert-OH is 1. The highest BCUT2D eigenvalue weighted by molar-refractivity contribution is 6.03. The number of hydrogen-bond acceptors (Lipinski definition) is 5. The van der Waals surface area contributed by atoms with Gasteiger partial charge in [0.25, 0.3) is 5.91 Å². The number of carboxylic acid groups (broad SMARTS) is 1. The van der Waals surface area contributed by atoms with Crippen molar-refractivity contribution in [3.05, 3.63) is 29.6 Å². The molecule has 1 rings (SSSR count). The van der Waals surface area contributed by atoms with Crippen LogP contribution in [0.4, 0.5) is 0 Å². The van der Waals surface area contributed by atoms with Gasteiger partial charge in [0.05, 0.1) is 18.2 Å². The molecule has 3 N–H and O–H groups in total. The van der Waals surface area contributed by atoms with Crippen LogP contribution in [0, 0.1) is 0 Å². The van der Waals surface area contributed by atoms with E-state index in [1.807, 2.05) is 0 Å². The lowest BCUT2D eigenvalue weighted by Crippen LogP contribution is -2.39. The number of aromatic carboxylic acids is 1. The van der Waals surface area contributed by atoms with E-state index in [1.165, 1.54) is 25.4 Å². The molecule has 0 aliphatic rings. The van der Waals surface area contributed by atoms with Gasteiger partial charge < -0.3 is 20.3 Å². The van der Waals surface area contributed by atoms with Gasteiger partial charge in [-0.25, -0.2) is 4.79 Å². The number of ether oxygens (including phenoxy) is 1. The van der Waals surface area contributed by atoms with Crippen LogP contribution < -0.4 is 5.32 Å². The fourth-order valence-corrected chi connectivity index (χ4v) is 1.48. The summed E-state index contributed by atoms with van der Waals surface area (Å²) in [6.45, 7) is 0.115. The van der Waals surface area contributed by atoms with E-state index in [9.17, 15) is 9.59 Å². The molecule has 0 aliphatic heterocycles. The second-order valence-corrected chi connectivity index (χ2v) is 3.84. The molecular weight excluding hydrogens is 252 g/mol. The molecule has 0 aromatic carbocycles. The summed E-state index contributed by atoms with van der Waals surface area (Å²) in [6, 6.07) is 2.23. The monoisotopic (exact) mass is 268 g/mol. The minimum Gasteiger partial charge on any atom is -0.478 e. The van der Waals surface area contributed by atoms with Crippen molar-refractivity contribution in [2.75, 3.05) is 20.3 Å². The fourth-order valence-electron chi connectivity index (χ4n) is 1.48. The first-order valence-corrected chi connectivity index (χ1v) is 5.69. The summed E-state index contributed by atoms with van der Waals surface area (Å²) in [5.74, 6) is -1.86. The van der Waals surface area contributed by atoms with Crippen LogP contribution in [0.2, 0.25) is 0 Å². The smallest absolute Gasteiger partial charge is 0.338 e. The Kier molecular flexibility index (Phi) is 5.91. The van der Waals surface area contributed by atoms with Gasteiger partial charge in [-0.3, -0.25) is 9.78 Å². The van der Waals surface area contributed by atoms with Crippen LogP contribution in [-0.2, 0) is 4.74 Å². The van der Waals surface area contributed by atoms with Crippen molar-refractivity contribution in [3.63, 3.8) is 0 Å². The Morgan fingerprint density at radius 2 is 2.26 bits per heavy atom. The number of nitrogens with zero attached hydrogens (tertiary/aromatic N) is 1. The standard InChI is InChI=1S/C12H16N2O5/c1-19-6-4-8(7-15)14-11(16)10-9(12(17)18)3-2-5-13-10/h2-3,5,8,15H,4,6-7H2,1H3,(H,14,16)(H,17,18). The number of methoxy groups -OCH3 is 1. The second-order valence-electron chi connectivity index (χ2n) is 3.84. The van der Waals surface area contributed by atoms with E-state index in [0.29, 0.717) is 13.0 Å². The number of rotatable bonds is 7. The van der Waals surface area contributed by atoms with Gasteiger partial charge in [-0.05, 0) is 18.6 Å². The minimum absolute atomic E-state index is 0.175. The Hall–Kier alpha value is -1.99. The topological polar surface area (TPSA) is 109 Å². The number of aromatic nitrogens is 1. The number of nitrogens with one attached hydrogen (secondary N) is 1. The van der Waals surface area contributed by atoms with E-state index in [0.717, 1.165) is 0 Å². The van der Waals surface area contributed by atoms with Crippen molar-refractivity contribution in [2.45, 2.75) is 12.5 Å². The molecule has 0 fully saturated rings. The molecule has 0 bridgehead atoms. The number of pyridine rings is 1. The molecule has 1 aromatic rings. The third kappa shape index (κ3) is 4.31. The Labute approximate surface area is 110 Å². The molecule has 0 radical (unpaired) electrons. The zero-order valence-corrected chi connectivity index (χ0v) is 10.5. The predicted octanol–water partition coefficient (Wildman–Crippen LogP) is -0.0930. The lowest BCUT2D eigenvalue weighted by atomic mass is 10.1. The Bertz CT molecular complexity index is 450. The summed E-state index contributed by atoms with van der Waals surface area (Å²) in [5, 5.41) is 20.6. The number of carbonyl (C=O) groups is 2. The average molecular weight is 268 g/mol. The molecule has 0 spiro atoms. The second kappa shape index (κ2) is 7.45. The number of aliphatic hydroxyl groups is 1. The summed E-state index contributed by atoms with van der Waals surface area (Å²) >= 11 is 0. The lowest BCUT2D eigenvalue weighted by Gasteiger charge is -2.15. The highest BCUT2D eigenvalue weighted by Gasteiger charge is 2.20. The van der Waals surface area contributed by atoms with Crippen molar-refractivity contribution in [1.29, 1.82) is 0 Å². The third-order valence-electron chi connectivity index (χ3n) is 2.48. The SMILES string of the molecule is COCCC(CO)NC(=O)c1ncccc1C(=O)O. The van der Waals surface area contributed by atoms with Gasteiger partial charge in [0.15, 0.2) is 0 Å². The maximum Gasteiger partial charge on any atom is 0.338 e. The summed E-state index contributed by atoms with van der Waals surface area (Å²) in [7, 11) is 1.51. The first kappa shape index (κ1) is 15.1. The zero-order chi connectivity index (χ0) is 14.3. The van der Waals surface area contributed by atoms with Gasteiger partial charge >= 0.3 is 5.97 Å². The Morgan fingerprint density at radius 1 is 1.53 bits per heavy atom. The Balaban J connectivity index is 2.80. The van der Waals surface area contributed by atoms with Gasteiger partial charge in [-0.1, -0.05) is 0 Å². The number of amides is 1. The predicted molar refractivity (Wildman–Crippen MR) is 66.0 cm³/mol. The van der Waals surface area contributed by atoms with Crippen LogP contribution in [0.3, 0.4) is 0 Å². The van der Waals surface area contributed by atoms with Crippen LogP contribution in [0.1, 0.15) is 27.3 Å². The summed E-state index contributed by atoms with van der Waals surface area (Å²) in [6.07, 6.45) is 1.76. The van der Waals surface area contributed by atoms with Crippen molar-refractivity contribution in [2.24, 2.45) is 0 Å². The molecule has 19 heavy (non-hydrogen) atoms. The fraction of sp³-hybridized carbons (Fsp3) is 0.417. The maximum atomic E-state index is 11.9. The van der Waals surface area contributed by atoms with Crippen LogP contribution in [0.15, 0.2) is 18.3 Å². The van der Waals surface area contributed by atoms with Gasteiger partial charge in [0.1, 0.15) is 5.69 Å². The van der Waals surface area contributed by atoms with Gasteiger partial charge in [0.2, 0.25) is 0 Å². The van der Waals surface area contributed by atoms with Crippen LogP contribution >= 0.6 is 0 Å². The van der Waals surface area contributed by atoms with Gasteiger partial charge in [-0.15, -0.1) is 0 Å². The van der Waals surface area contributed by atoms with Crippen LogP contribution in [0.5, 0.6) is 0 Å². The van der Waals surface area contributed by atoms with E-state index in [1.54, 1.807) is 0 Å². The third-order valence-corrected chi connectivity index (χ3v) is 2.48. The van der Waals surface area contributed by atoms with E-state index < -0.39 is 17.9 Å². The minimum atomic E-state index is -1.23. The first-order valence-electron chi connectivity index (χ1n) is 5.69. The quantitative estimate of drug-likeness (QED) is 0.637. The number of carboxylic acids is 1. The largest absolute Gasteiger partial charge is 0.478 e. The van der Waals surface area contributed by atoms with Crippen molar-refractivity contribution < 1.29 is 24.5 Å². The van der Waals surface area contributed by atoms with E-state index in [2.05, 4.69) is 10.3 Å². The Morgan fingerprint density at radius 3 is 2.84 bits per heavy atom. The number of hydrogen-bond donors (Lipinski definition) is 3. The zero-order valence-electron chi connectivity index (χ0n) is 10.5. The molecule has 1 aromatic heterocycles. The molecule has 1 heterocycles. The average Bonchev–Trinajstić information content (AvgIpc) is 2.43. The van der Waals surface area contributed by atoms with Crippen LogP contribution in [0.25, 0.3) is 0 Å². The molecule has 0 saturated carbocycles. The summed E-state index contributed by atoms with van der Waals surface area (Å²) in [5.41, 5.74) is -0.353. The summed E-state index contributed by atoms with van der Waals surface area (Å²) in [4.78, 5) is 26.6. The van der Waals surface area contributed by atoms with Crippen molar-refractivity contribution in [1.82, 2.24) is 10.3 Å². The highest BCUT2D eigenvalue weighted by atomic mass is 16.5. The van der Waals surface area contributed by atoms with E-state index in [-0.39, 0.29) is 17.9 Å². The molecule has 7 heteroatoms. The van der Waals surface area contributed by atoms with E-state index in [4.69, 9.17) is 14.9 Å². The number of carbonyl (C=O) groups excluding carboxylic acids is 1. The molecule has 0 saturated heterocycles.